The molecule has 0 saturated heterocycles. The SMILES string of the molecule is C=CCC[C@H](C#N)S(N)(=O)=O. The number of nitrogens with two attached hydrogens (primary N) is 1. The van der Waals surface area contributed by atoms with E-state index in [4.69, 9.17) is 10.4 Å². The maximum Gasteiger partial charge on any atom is 0.225 e. The van der Waals surface area contributed by atoms with Crippen LogP contribution in [-0.4, -0.2) is 13.7 Å². The van der Waals surface area contributed by atoms with E-state index in [1.807, 2.05) is 0 Å². The summed E-state index contributed by atoms with van der Waals surface area (Å²) in [5.74, 6) is 0. The van der Waals surface area contributed by atoms with Crippen LogP contribution in [0.4, 0.5) is 0 Å². The molecule has 0 saturated carbocycles. The molecule has 0 aliphatic heterocycles. The van der Waals surface area contributed by atoms with E-state index in [9.17, 15) is 8.42 Å². The number of nitriles is 1. The quantitative estimate of drug-likeness (QED) is 0.615. The number of nitrogens with zero attached hydrogens (tertiary/aromatic N) is 1. The van der Waals surface area contributed by atoms with Crippen LogP contribution < -0.4 is 5.14 Å². The van der Waals surface area contributed by atoms with Crippen LogP contribution in [0.1, 0.15) is 12.8 Å². The van der Waals surface area contributed by atoms with Gasteiger partial charge in [-0.3, -0.25) is 0 Å². The van der Waals surface area contributed by atoms with Crippen molar-refractivity contribution in [3.05, 3.63) is 12.7 Å². The molecule has 0 amide bonds. The third-order valence-electron chi connectivity index (χ3n) is 1.17. The van der Waals surface area contributed by atoms with Crippen LogP contribution in [0.15, 0.2) is 12.7 Å². The van der Waals surface area contributed by atoms with Gasteiger partial charge >= 0.3 is 0 Å². The highest BCUT2D eigenvalue weighted by Crippen LogP contribution is 2.03. The molecule has 0 spiro atoms. The lowest BCUT2D eigenvalue weighted by Crippen LogP contribution is -2.26. The van der Waals surface area contributed by atoms with Gasteiger partial charge in [-0.1, -0.05) is 6.08 Å². The molecule has 5 heteroatoms. The zero-order chi connectivity index (χ0) is 8.91. The highest BCUT2D eigenvalue weighted by molar-refractivity contribution is 7.90. The number of hydrogen-bond donors (Lipinski definition) is 1. The zero-order valence-electron chi connectivity index (χ0n) is 6.03. The van der Waals surface area contributed by atoms with Crippen molar-refractivity contribution in [1.29, 1.82) is 5.26 Å². The van der Waals surface area contributed by atoms with E-state index in [-0.39, 0.29) is 6.42 Å². The Morgan fingerprint density at radius 1 is 1.73 bits per heavy atom. The largest absolute Gasteiger partial charge is 0.228 e. The highest BCUT2D eigenvalue weighted by Gasteiger charge is 2.19. The topological polar surface area (TPSA) is 83.9 Å². The van der Waals surface area contributed by atoms with Crippen LogP contribution in [0.2, 0.25) is 0 Å². The zero-order valence-corrected chi connectivity index (χ0v) is 6.84. The van der Waals surface area contributed by atoms with Gasteiger partial charge in [0.2, 0.25) is 10.0 Å². The summed E-state index contributed by atoms with van der Waals surface area (Å²) < 4.78 is 21.2. The minimum absolute atomic E-state index is 0.221. The Kier molecular flexibility index (Phi) is 3.79. The fraction of sp³-hybridized carbons (Fsp3) is 0.500. The van der Waals surface area contributed by atoms with Gasteiger partial charge in [-0.15, -0.1) is 6.58 Å². The first-order chi connectivity index (χ1) is 5.02. The Labute approximate surface area is 66.4 Å². The van der Waals surface area contributed by atoms with Crippen LogP contribution in [0, 0.1) is 11.3 Å². The summed E-state index contributed by atoms with van der Waals surface area (Å²) >= 11 is 0. The van der Waals surface area contributed by atoms with E-state index in [0.29, 0.717) is 6.42 Å². The molecule has 0 aromatic carbocycles. The molecule has 0 aliphatic carbocycles. The lowest BCUT2D eigenvalue weighted by Gasteiger charge is -2.02. The Morgan fingerprint density at radius 2 is 2.27 bits per heavy atom. The molecule has 1 atom stereocenters. The summed E-state index contributed by atoms with van der Waals surface area (Å²) in [6, 6.07) is 1.62. The first-order valence-electron chi connectivity index (χ1n) is 3.04. The molecule has 0 rings (SSSR count). The summed E-state index contributed by atoms with van der Waals surface area (Å²) in [5.41, 5.74) is 0. The Bertz CT molecular complexity index is 263. The van der Waals surface area contributed by atoms with Gasteiger partial charge in [0, 0.05) is 0 Å². The van der Waals surface area contributed by atoms with Crippen molar-refractivity contribution in [2.75, 3.05) is 0 Å². The third kappa shape index (κ3) is 3.75. The summed E-state index contributed by atoms with van der Waals surface area (Å²) in [6.45, 7) is 3.40. The second-order valence-electron chi connectivity index (χ2n) is 2.07. The minimum Gasteiger partial charge on any atom is -0.228 e. The number of primary sulfonamides is 1. The summed E-state index contributed by atoms with van der Waals surface area (Å²) in [5, 5.41) is 12.0. The molecule has 0 heterocycles. The Balaban J connectivity index is 4.22. The second kappa shape index (κ2) is 4.11. The van der Waals surface area contributed by atoms with Crippen molar-refractivity contribution in [2.24, 2.45) is 5.14 Å². The van der Waals surface area contributed by atoms with Gasteiger partial charge in [-0.2, -0.15) is 5.26 Å². The van der Waals surface area contributed by atoms with Crippen molar-refractivity contribution in [3.8, 4) is 6.07 Å². The number of hydrogen-bond acceptors (Lipinski definition) is 3. The predicted molar refractivity (Wildman–Crippen MR) is 41.9 cm³/mol. The monoisotopic (exact) mass is 174 g/mol. The number of sulfonamides is 1. The number of allylic oxidation sites excluding steroid dienone is 1. The van der Waals surface area contributed by atoms with Gasteiger partial charge in [0.1, 0.15) is 0 Å². The van der Waals surface area contributed by atoms with E-state index in [1.54, 1.807) is 12.1 Å². The molecule has 2 N–H and O–H groups in total. The average Bonchev–Trinajstić information content (AvgIpc) is 1.87. The molecule has 4 nitrogen and oxygen atoms in total. The molecule has 62 valence electrons. The van der Waals surface area contributed by atoms with Gasteiger partial charge in [0.15, 0.2) is 5.25 Å². The van der Waals surface area contributed by atoms with E-state index in [2.05, 4.69) is 6.58 Å². The van der Waals surface area contributed by atoms with E-state index in [1.165, 1.54) is 0 Å². The van der Waals surface area contributed by atoms with E-state index in [0.717, 1.165) is 0 Å². The van der Waals surface area contributed by atoms with E-state index >= 15 is 0 Å². The standard InChI is InChI=1S/C6H10N2O2S/c1-2-3-4-6(5-7)11(8,9)10/h2,6H,1,3-4H2,(H2,8,9,10)/t6-/m1/s1. The molecular weight excluding hydrogens is 164 g/mol. The average molecular weight is 174 g/mol. The fourth-order valence-electron chi connectivity index (χ4n) is 0.572. The van der Waals surface area contributed by atoms with Crippen molar-refractivity contribution in [2.45, 2.75) is 18.1 Å². The maximum atomic E-state index is 10.6. The van der Waals surface area contributed by atoms with Gasteiger partial charge in [0.25, 0.3) is 0 Å². The second-order valence-corrected chi connectivity index (χ2v) is 3.82. The molecule has 0 aromatic rings. The van der Waals surface area contributed by atoms with Crippen LogP contribution in [-0.2, 0) is 10.0 Å². The molecule has 0 radical (unpaired) electrons. The van der Waals surface area contributed by atoms with Gasteiger partial charge in [0.05, 0.1) is 6.07 Å². The molecule has 0 unspecified atom stereocenters. The van der Waals surface area contributed by atoms with Gasteiger partial charge in [-0.25, -0.2) is 13.6 Å². The molecule has 0 aliphatic rings. The van der Waals surface area contributed by atoms with Gasteiger partial charge in [-0.05, 0) is 12.8 Å². The van der Waals surface area contributed by atoms with Gasteiger partial charge < -0.3 is 0 Å². The first-order valence-corrected chi connectivity index (χ1v) is 4.65. The van der Waals surface area contributed by atoms with Crippen LogP contribution in [0.25, 0.3) is 0 Å². The molecule has 0 fully saturated rings. The predicted octanol–water partition coefficient (Wildman–Crippen LogP) is 0.133. The third-order valence-corrected chi connectivity index (χ3v) is 2.31. The minimum atomic E-state index is -3.70. The van der Waals surface area contributed by atoms with Crippen molar-refractivity contribution < 1.29 is 8.42 Å². The van der Waals surface area contributed by atoms with Crippen LogP contribution in [0.5, 0.6) is 0 Å². The number of rotatable bonds is 4. The molecule has 11 heavy (non-hydrogen) atoms. The van der Waals surface area contributed by atoms with Crippen LogP contribution in [0.3, 0.4) is 0 Å². The first kappa shape index (κ1) is 10.1. The Hall–Kier alpha value is -0.860. The summed E-state index contributed by atoms with van der Waals surface area (Å²) in [4.78, 5) is 0. The summed E-state index contributed by atoms with van der Waals surface area (Å²) in [6.07, 6.45) is 2.25. The lowest BCUT2D eigenvalue weighted by atomic mass is 10.2. The van der Waals surface area contributed by atoms with Crippen LogP contribution >= 0.6 is 0 Å². The maximum absolute atomic E-state index is 10.6. The molecular formula is C6H10N2O2S. The molecule has 0 aromatic heterocycles. The summed E-state index contributed by atoms with van der Waals surface area (Å²) in [7, 11) is -3.70. The lowest BCUT2D eigenvalue weighted by molar-refractivity contribution is 0.587. The normalized spacial score (nSPS) is 13.5. The smallest absolute Gasteiger partial charge is 0.225 e. The fourth-order valence-corrected chi connectivity index (χ4v) is 1.18. The molecule has 0 bridgehead atoms. The van der Waals surface area contributed by atoms with Crippen molar-refractivity contribution >= 4 is 10.0 Å². The van der Waals surface area contributed by atoms with E-state index < -0.39 is 15.3 Å². The Morgan fingerprint density at radius 3 is 2.55 bits per heavy atom. The highest BCUT2D eigenvalue weighted by atomic mass is 32.2. The van der Waals surface area contributed by atoms with Crippen molar-refractivity contribution in [1.82, 2.24) is 0 Å². The van der Waals surface area contributed by atoms with Crippen molar-refractivity contribution in [3.63, 3.8) is 0 Å².